The Hall–Kier alpha value is -2.85. The van der Waals surface area contributed by atoms with Crippen molar-refractivity contribution in [3.8, 4) is 11.5 Å². The average molecular weight is 378 g/mol. The maximum atomic E-state index is 12.5. The minimum absolute atomic E-state index is 0.0818. The van der Waals surface area contributed by atoms with Gasteiger partial charge in [-0.1, -0.05) is 0 Å². The molecule has 0 aromatic heterocycles. The summed E-state index contributed by atoms with van der Waals surface area (Å²) in [6, 6.07) is 2.87. The second kappa shape index (κ2) is 8.50. The van der Waals surface area contributed by atoms with Gasteiger partial charge in [-0.05, 0) is 12.1 Å². The zero-order valence-corrected chi connectivity index (χ0v) is 13.2. The summed E-state index contributed by atoms with van der Waals surface area (Å²) in [6.07, 6.45) is -0.0995. The highest BCUT2D eigenvalue weighted by molar-refractivity contribution is 6.02. The first-order valence-electron chi connectivity index (χ1n) is 7.43. The van der Waals surface area contributed by atoms with Gasteiger partial charge in [-0.15, -0.1) is 0 Å². The van der Waals surface area contributed by atoms with Gasteiger partial charge in [0.05, 0.1) is 5.69 Å². The number of likely N-dealkylation sites (tertiary alicyclic amines) is 1. The Morgan fingerprint density at radius 3 is 2.27 bits per heavy atom. The second-order valence-electron chi connectivity index (χ2n) is 5.15. The summed E-state index contributed by atoms with van der Waals surface area (Å²) in [5.74, 6) is -2.46. The van der Waals surface area contributed by atoms with Crippen LogP contribution in [0.25, 0.3) is 0 Å². The number of carbonyl (C=O) groups excluding carboxylic acids is 3. The lowest BCUT2D eigenvalue weighted by atomic mass is 10.2. The Morgan fingerprint density at radius 2 is 1.69 bits per heavy atom. The van der Waals surface area contributed by atoms with Gasteiger partial charge in [0.15, 0.2) is 5.75 Å². The number of ether oxygens (including phenoxy) is 2. The maximum Gasteiger partial charge on any atom is 0.387 e. The Kier molecular flexibility index (Phi) is 6.36. The van der Waals surface area contributed by atoms with Crippen molar-refractivity contribution < 1.29 is 41.4 Å². The van der Waals surface area contributed by atoms with Crippen LogP contribution in [-0.4, -0.2) is 42.4 Å². The zero-order chi connectivity index (χ0) is 19.3. The van der Waals surface area contributed by atoms with Crippen LogP contribution in [-0.2, 0) is 14.4 Å². The predicted octanol–water partition coefficient (Wildman–Crippen LogP) is 2.37. The van der Waals surface area contributed by atoms with E-state index in [0.717, 1.165) is 23.1 Å². The third kappa shape index (κ3) is 5.33. The molecule has 0 bridgehead atoms. The number of amides is 3. The third-order valence-electron chi connectivity index (χ3n) is 3.39. The smallest absolute Gasteiger partial charge is 0.387 e. The molecule has 0 aliphatic carbocycles. The Labute approximate surface area is 144 Å². The van der Waals surface area contributed by atoms with E-state index in [9.17, 15) is 31.9 Å². The molecule has 1 heterocycles. The predicted molar refractivity (Wildman–Crippen MR) is 78.9 cm³/mol. The van der Waals surface area contributed by atoms with E-state index in [4.69, 9.17) is 0 Å². The summed E-state index contributed by atoms with van der Waals surface area (Å²) in [5, 5.41) is 2.26. The fraction of sp³-hybridized carbons (Fsp3) is 0.400. The summed E-state index contributed by atoms with van der Waals surface area (Å²) in [5.41, 5.74) is -0.198. The summed E-state index contributed by atoms with van der Waals surface area (Å²) >= 11 is 0. The highest BCUT2D eigenvalue weighted by atomic mass is 19.3. The molecule has 0 unspecified atom stereocenters. The molecule has 1 N–H and O–H groups in total. The number of rotatable bonds is 8. The topological polar surface area (TPSA) is 84.9 Å². The first kappa shape index (κ1) is 19.5. The SMILES string of the molecule is O=C(CCN1C(=O)CCC1=O)Nc1ccc(OC(F)F)cc1OC(F)F. The van der Waals surface area contributed by atoms with Crippen molar-refractivity contribution in [2.45, 2.75) is 32.5 Å². The van der Waals surface area contributed by atoms with Gasteiger partial charge >= 0.3 is 13.2 Å². The van der Waals surface area contributed by atoms with Crippen LogP contribution in [0.1, 0.15) is 19.3 Å². The first-order valence-corrected chi connectivity index (χ1v) is 7.43. The molecule has 1 aliphatic rings. The van der Waals surface area contributed by atoms with E-state index in [0.29, 0.717) is 0 Å². The minimum atomic E-state index is -3.26. The van der Waals surface area contributed by atoms with E-state index < -0.39 is 42.4 Å². The summed E-state index contributed by atoms with van der Waals surface area (Å²) < 4.78 is 57.6. The number of halogens is 4. The van der Waals surface area contributed by atoms with Crippen LogP contribution in [0, 0.1) is 0 Å². The number of hydrogen-bond acceptors (Lipinski definition) is 5. The van der Waals surface area contributed by atoms with Crippen molar-refractivity contribution in [2.24, 2.45) is 0 Å². The molecule has 2 rings (SSSR count). The molecule has 1 saturated heterocycles. The molecule has 26 heavy (non-hydrogen) atoms. The van der Waals surface area contributed by atoms with Crippen molar-refractivity contribution in [3.05, 3.63) is 18.2 Å². The number of nitrogens with one attached hydrogen (secondary N) is 1. The molecule has 0 spiro atoms. The van der Waals surface area contributed by atoms with E-state index in [1.165, 1.54) is 0 Å². The molecule has 0 atom stereocenters. The number of nitrogens with zero attached hydrogens (tertiary/aromatic N) is 1. The van der Waals surface area contributed by atoms with Crippen molar-refractivity contribution >= 4 is 23.4 Å². The lowest BCUT2D eigenvalue weighted by molar-refractivity contribution is -0.138. The van der Waals surface area contributed by atoms with Crippen LogP contribution in [0.5, 0.6) is 11.5 Å². The van der Waals surface area contributed by atoms with Crippen LogP contribution in [0.4, 0.5) is 23.2 Å². The minimum Gasteiger partial charge on any atom is -0.435 e. The van der Waals surface area contributed by atoms with Gasteiger partial charge in [-0.25, -0.2) is 0 Å². The lowest BCUT2D eigenvalue weighted by Gasteiger charge is -2.15. The normalized spacial score (nSPS) is 14.3. The van der Waals surface area contributed by atoms with Gasteiger partial charge in [-0.3, -0.25) is 19.3 Å². The number of hydrogen-bond donors (Lipinski definition) is 1. The van der Waals surface area contributed by atoms with E-state index >= 15 is 0 Å². The molecule has 11 heteroatoms. The second-order valence-corrected chi connectivity index (χ2v) is 5.15. The third-order valence-corrected chi connectivity index (χ3v) is 3.39. The van der Waals surface area contributed by atoms with E-state index in [1.807, 2.05) is 0 Å². The highest BCUT2D eigenvalue weighted by Crippen LogP contribution is 2.31. The zero-order valence-electron chi connectivity index (χ0n) is 13.2. The largest absolute Gasteiger partial charge is 0.435 e. The van der Waals surface area contributed by atoms with Gasteiger partial charge in [0.2, 0.25) is 17.7 Å². The maximum absolute atomic E-state index is 12.5. The molecule has 142 valence electrons. The van der Waals surface area contributed by atoms with Crippen LogP contribution >= 0.6 is 0 Å². The quantitative estimate of drug-likeness (QED) is 0.555. The van der Waals surface area contributed by atoms with Gasteiger partial charge in [0, 0.05) is 31.9 Å². The fourth-order valence-corrected chi connectivity index (χ4v) is 2.27. The number of imide groups is 1. The van der Waals surface area contributed by atoms with Crippen molar-refractivity contribution in [1.82, 2.24) is 4.90 Å². The van der Waals surface area contributed by atoms with Gasteiger partial charge in [-0.2, -0.15) is 17.6 Å². The summed E-state index contributed by atoms with van der Waals surface area (Å²) in [4.78, 5) is 35.8. The molecule has 1 aromatic rings. The lowest BCUT2D eigenvalue weighted by Crippen LogP contribution is -2.32. The number of benzene rings is 1. The standard InChI is InChI=1S/C15H14F4N2O5/c16-14(17)25-8-1-2-9(10(7-8)26-15(18)19)20-11(22)5-6-21-12(23)3-4-13(21)24/h1-2,7,14-15H,3-6H2,(H,20,22). The number of carbonyl (C=O) groups is 3. The van der Waals surface area contributed by atoms with E-state index in [2.05, 4.69) is 14.8 Å². The molecular weight excluding hydrogens is 364 g/mol. The van der Waals surface area contributed by atoms with Gasteiger partial charge in [0.1, 0.15) is 5.75 Å². The molecule has 7 nitrogen and oxygen atoms in total. The molecule has 1 aromatic carbocycles. The fourth-order valence-electron chi connectivity index (χ4n) is 2.27. The first-order chi connectivity index (χ1) is 12.3. The van der Waals surface area contributed by atoms with E-state index in [1.54, 1.807) is 0 Å². The van der Waals surface area contributed by atoms with Crippen molar-refractivity contribution in [2.75, 3.05) is 11.9 Å². The molecular formula is C15H14F4N2O5. The van der Waals surface area contributed by atoms with Crippen molar-refractivity contribution in [3.63, 3.8) is 0 Å². The molecule has 3 amide bonds. The molecule has 1 aliphatic heterocycles. The van der Waals surface area contributed by atoms with Gasteiger partial charge in [0.25, 0.3) is 0 Å². The Balaban J connectivity index is 2.03. The van der Waals surface area contributed by atoms with Crippen LogP contribution < -0.4 is 14.8 Å². The monoisotopic (exact) mass is 378 g/mol. The summed E-state index contributed by atoms with van der Waals surface area (Å²) in [7, 11) is 0. The average Bonchev–Trinajstić information content (AvgIpc) is 2.85. The molecule has 0 radical (unpaired) electrons. The van der Waals surface area contributed by atoms with Gasteiger partial charge < -0.3 is 14.8 Å². The van der Waals surface area contributed by atoms with E-state index in [-0.39, 0.29) is 31.5 Å². The highest BCUT2D eigenvalue weighted by Gasteiger charge is 2.28. The number of alkyl halides is 4. The van der Waals surface area contributed by atoms with Crippen molar-refractivity contribution in [1.29, 1.82) is 0 Å². The molecule has 0 saturated carbocycles. The molecule has 1 fully saturated rings. The number of anilines is 1. The van der Waals surface area contributed by atoms with Crippen LogP contribution in [0.3, 0.4) is 0 Å². The Morgan fingerprint density at radius 1 is 1.08 bits per heavy atom. The Bertz CT molecular complexity index is 683. The van der Waals surface area contributed by atoms with Crippen LogP contribution in [0.2, 0.25) is 0 Å². The summed E-state index contributed by atoms with van der Waals surface area (Å²) in [6.45, 7) is -6.57. The van der Waals surface area contributed by atoms with Crippen LogP contribution in [0.15, 0.2) is 18.2 Å².